The number of hydrogen-bond donors (Lipinski definition) is 3. The van der Waals surface area contributed by atoms with E-state index in [0.717, 1.165) is 32.6 Å². The maximum atomic E-state index is 12.1. The Morgan fingerprint density at radius 2 is 2.14 bits per heavy atom. The number of benzene rings is 1. The number of carboxylic acid groups (broad SMARTS) is 1. The molecule has 6 nitrogen and oxygen atoms in total. The minimum Gasteiger partial charge on any atom is -0.478 e. The Morgan fingerprint density at radius 3 is 2.90 bits per heavy atom. The van der Waals surface area contributed by atoms with Crippen molar-refractivity contribution in [1.29, 1.82) is 0 Å². The molecule has 21 heavy (non-hydrogen) atoms. The van der Waals surface area contributed by atoms with Crippen LogP contribution < -0.4 is 10.6 Å². The molecule has 1 aromatic rings. The van der Waals surface area contributed by atoms with Crippen LogP contribution in [0.25, 0.3) is 0 Å². The van der Waals surface area contributed by atoms with Crippen molar-refractivity contribution < 1.29 is 14.7 Å². The van der Waals surface area contributed by atoms with Crippen LogP contribution in [0.5, 0.6) is 0 Å². The standard InChI is InChI=1S/C14H18ClN3O3/c15-10-2-3-12(11(8-10)14(20)21)17-13(19)9-18-6-1-4-16-5-7-18/h2-3,8,16H,1,4-7,9H2,(H,17,19)(H,20,21). The lowest BCUT2D eigenvalue weighted by Crippen LogP contribution is -2.35. The van der Waals surface area contributed by atoms with E-state index in [9.17, 15) is 9.59 Å². The Balaban J connectivity index is 2.00. The maximum absolute atomic E-state index is 12.1. The highest BCUT2D eigenvalue weighted by Crippen LogP contribution is 2.20. The lowest BCUT2D eigenvalue weighted by Gasteiger charge is -2.19. The molecule has 1 aromatic carbocycles. The molecular formula is C14H18ClN3O3. The summed E-state index contributed by atoms with van der Waals surface area (Å²) >= 11 is 5.78. The Kier molecular flexibility index (Phi) is 5.55. The predicted octanol–water partition coefficient (Wildman–Crippen LogP) is 1.27. The van der Waals surface area contributed by atoms with Crippen LogP contribution in [0.15, 0.2) is 18.2 Å². The Bertz CT molecular complexity index is 528. The van der Waals surface area contributed by atoms with E-state index in [1.807, 2.05) is 4.90 Å². The van der Waals surface area contributed by atoms with Gasteiger partial charge >= 0.3 is 5.97 Å². The fourth-order valence-corrected chi connectivity index (χ4v) is 2.43. The van der Waals surface area contributed by atoms with Crippen molar-refractivity contribution in [3.05, 3.63) is 28.8 Å². The first-order valence-electron chi connectivity index (χ1n) is 6.82. The lowest BCUT2D eigenvalue weighted by molar-refractivity contribution is -0.117. The van der Waals surface area contributed by atoms with Crippen molar-refractivity contribution in [2.24, 2.45) is 0 Å². The lowest BCUT2D eigenvalue weighted by atomic mass is 10.2. The van der Waals surface area contributed by atoms with Crippen LogP contribution in [-0.4, -0.2) is 54.6 Å². The van der Waals surface area contributed by atoms with Crippen molar-refractivity contribution in [1.82, 2.24) is 10.2 Å². The van der Waals surface area contributed by atoms with E-state index >= 15 is 0 Å². The van der Waals surface area contributed by atoms with Crippen LogP contribution in [-0.2, 0) is 4.79 Å². The molecule has 1 fully saturated rings. The number of nitrogens with one attached hydrogen (secondary N) is 2. The zero-order valence-electron chi connectivity index (χ0n) is 11.6. The Hall–Kier alpha value is -1.63. The highest BCUT2D eigenvalue weighted by atomic mass is 35.5. The van der Waals surface area contributed by atoms with E-state index in [1.165, 1.54) is 12.1 Å². The third-order valence-corrected chi connectivity index (χ3v) is 3.52. The number of halogens is 1. The molecule has 1 saturated heterocycles. The largest absolute Gasteiger partial charge is 0.478 e. The average molecular weight is 312 g/mol. The third kappa shape index (κ3) is 4.70. The van der Waals surface area contributed by atoms with E-state index in [2.05, 4.69) is 10.6 Å². The van der Waals surface area contributed by atoms with Gasteiger partial charge in [-0.3, -0.25) is 9.69 Å². The smallest absolute Gasteiger partial charge is 0.337 e. The van der Waals surface area contributed by atoms with Gasteiger partial charge in [-0.15, -0.1) is 0 Å². The molecular weight excluding hydrogens is 294 g/mol. The van der Waals surface area contributed by atoms with Gasteiger partial charge in [0.1, 0.15) is 0 Å². The molecule has 1 amide bonds. The van der Waals surface area contributed by atoms with Crippen molar-refractivity contribution in [3.63, 3.8) is 0 Å². The summed E-state index contributed by atoms with van der Waals surface area (Å²) in [5.41, 5.74) is 0.262. The summed E-state index contributed by atoms with van der Waals surface area (Å²) < 4.78 is 0. The first kappa shape index (κ1) is 15.8. The topological polar surface area (TPSA) is 81.7 Å². The van der Waals surface area contributed by atoms with Crippen LogP contribution in [0.3, 0.4) is 0 Å². The molecule has 0 atom stereocenters. The SMILES string of the molecule is O=C(CN1CCCNCC1)Nc1ccc(Cl)cc1C(=O)O. The van der Waals surface area contributed by atoms with Gasteiger partial charge in [0.15, 0.2) is 0 Å². The summed E-state index contributed by atoms with van der Waals surface area (Å²) in [5, 5.41) is 15.4. The molecule has 0 bridgehead atoms. The molecule has 0 saturated carbocycles. The molecule has 0 unspecified atom stereocenters. The highest BCUT2D eigenvalue weighted by molar-refractivity contribution is 6.31. The van der Waals surface area contributed by atoms with Gasteiger partial charge in [-0.1, -0.05) is 11.6 Å². The van der Waals surface area contributed by atoms with Gasteiger partial charge in [0.25, 0.3) is 0 Å². The molecule has 3 N–H and O–H groups in total. The molecule has 1 heterocycles. The first-order valence-corrected chi connectivity index (χ1v) is 7.20. The van der Waals surface area contributed by atoms with Crippen molar-refractivity contribution in [3.8, 4) is 0 Å². The minimum atomic E-state index is -1.12. The number of amides is 1. The van der Waals surface area contributed by atoms with Gasteiger partial charge in [0, 0.05) is 18.1 Å². The van der Waals surface area contributed by atoms with Gasteiger partial charge in [-0.05, 0) is 37.7 Å². The third-order valence-electron chi connectivity index (χ3n) is 3.29. The number of hydrogen-bond acceptors (Lipinski definition) is 4. The molecule has 1 aliphatic rings. The van der Waals surface area contributed by atoms with Crippen molar-refractivity contribution >= 4 is 29.2 Å². The Labute approximate surface area is 128 Å². The van der Waals surface area contributed by atoms with Crippen molar-refractivity contribution in [2.45, 2.75) is 6.42 Å². The number of carbonyl (C=O) groups excluding carboxylic acids is 1. The van der Waals surface area contributed by atoms with Gasteiger partial charge in [0.05, 0.1) is 17.8 Å². The monoisotopic (exact) mass is 311 g/mol. The van der Waals surface area contributed by atoms with Gasteiger partial charge < -0.3 is 15.7 Å². The molecule has 2 rings (SSSR count). The molecule has 0 spiro atoms. The van der Waals surface area contributed by atoms with E-state index in [4.69, 9.17) is 16.7 Å². The first-order chi connectivity index (χ1) is 10.1. The summed E-state index contributed by atoms with van der Waals surface area (Å²) in [6, 6.07) is 4.39. The minimum absolute atomic E-state index is 0.00613. The molecule has 0 aromatic heterocycles. The van der Waals surface area contributed by atoms with E-state index in [-0.39, 0.29) is 23.7 Å². The summed E-state index contributed by atoms with van der Waals surface area (Å²) in [6.07, 6.45) is 0.995. The van der Waals surface area contributed by atoms with Crippen LogP contribution in [0, 0.1) is 0 Å². The fraction of sp³-hybridized carbons (Fsp3) is 0.429. The van der Waals surface area contributed by atoms with Gasteiger partial charge in [-0.25, -0.2) is 4.79 Å². The number of nitrogens with zero attached hydrogens (tertiary/aromatic N) is 1. The fourth-order valence-electron chi connectivity index (χ4n) is 2.25. The van der Waals surface area contributed by atoms with Crippen molar-refractivity contribution in [2.75, 3.05) is 38.0 Å². The van der Waals surface area contributed by atoms with Gasteiger partial charge in [-0.2, -0.15) is 0 Å². The predicted molar refractivity (Wildman–Crippen MR) is 81.0 cm³/mol. The average Bonchev–Trinajstić information content (AvgIpc) is 2.69. The molecule has 1 aliphatic heterocycles. The maximum Gasteiger partial charge on any atom is 0.337 e. The molecule has 114 valence electrons. The van der Waals surface area contributed by atoms with Gasteiger partial charge in [0.2, 0.25) is 5.91 Å². The summed E-state index contributed by atoms with van der Waals surface area (Å²) in [6.45, 7) is 3.73. The highest BCUT2D eigenvalue weighted by Gasteiger charge is 2.16. The molecule has 0 aliphatic carbocycles. The Morgan fingerprint density at radius 1 is 1.33 bits per heavy atom. The summed E-state index contributed by atoms with van der Waals surface area (Å²) in [4.78, 5) is 25.3. The summed E-state index contributed by atoms with van der Waals surface area (Å²) in [7, 11) is 0. The van der Waals surface area contributed by atoms with Crippen LogP contribution in [0.2, 0.25) is 5.02 Å². The van der Waals surface area contributed by atoms with E-state index < -0.39 is 5.97 Å². The second-order valence-corrected chi connectivity index (χ2v) is 5.36. The number of aromatic carboxylic acids is 1. The van der Waals surface area contributed by atoms with E-state index in [1.54, 1.807) is 6.07 Å². The molecule has 7 heteroatoms. The second kappa shape index (κ2) is 7.40. The van der Waals surface area contributed by atoms with Crippen LogP contribution >= 0.6 is 11.6 Å². The summed E-state index contributed by atoms with van der Waals surface area (Å²) in [5.74, 6) is -1.34. The number of carboxylic acids is 1. The van der Waals surface area contributed by atoms with Crippen LogP contribution in [0.4, 0.5) is 5.69 Å². The quantitative estimate of drug-likeness (QED) is 0.780. The normalized spacial score (nSPS) is 16.2. The zero-order chi connectivity index (χ0) is 15.2. The van der Waals surface area contributed by atoms with E-state index in [0.29, 0.717) is 5.02 Å². The van der Waals surface area contributed by atoms with Crippen LogP contribution in [0.1, 0.15) is 16.8 Å². The number of carbonyl (C=O) groups is 2. The zero-order valence-corrected chi connectivity index (χ0v) is 12.3. The number of anilines is 1. The second-order valence-electron chi connectivity index (χ2n) is 4.92. The number of rotatable bonds is 4. The molecule has 0 radical (unpaired) electrons.